The lowest BCUT2D eigenvalue weighted by molar-refractivity contribution is -0.136. The molecule has 4 aromatic rings. The molecule has 0 spiro atoms. The number of amides is 2. The summed E-state index contributed by atoms with van der Waals surface area (Å²) in [6.45, 7) is 2.03. The topological polar surface area (TPSA) is 88.4 Å². The number of halogens is 2. The van der Waals surface area contributed by atoms with Crippen LogP contribution in [0.25, 0.3) is 16.3 Å². The van der Waals surface area contributed by atoms with E-state index in [0.717, 1.165) is 11.3 Å². The fourth-order valence-electron chi connectivity index (χ4n) is 2.95. The molecule has 0 atom stereocenters. The summed E-state index contributed by atoms with van der Waals surface area (Å²) in [5.41, 5.74) is 2.39. The molecule has 31 heavy (non-hydrogen) atoms. The highest BCUT2D eigenvalue weighted by atomic mass is 35.5. The van der Waals surface area contributed by atoms with Gasteiger partial charge >= 0.3 is 11.8 Å². The Morgan fingerprint density at radius 1 is 1.19 bits per heavy atom. The number of hydrogen-bond acceptors (Lipinski definition) is 5. The van der Waals surface area contributed by atoms with Gasteiger partial charge in [0, 0.05) is 29.1 Å². The van der Waals surface area contributed by atoms with Crippen molar-refractivity contribution in [3.05, 3.63) is 69.9 Å². The van der Waals surface area contributed by atoms with E-state index < -0.39 is 17.6 Å². The zero-order valence-electron chi connectivity index (χ0n) is 16.4. The molecule has 0 bridgehead atoms. The zero-order chi connectivity index (χ0) is 22.0. The average Bonchev–Trinajstić information content (AvgIpc) is 3.32. The molecular weight excluding hydrogens is 441 g/mol. The number of carbonyl (C=O) groups is 2. The van der Waals surface area contributed by atoms with Crippen LogP contribution in [0.2, 0.25) is 5.02 Å². The number of thiazole rings is 1. The lowest BCUT2D eigenvalue weighted by atomic mass is 10.2. The fraction of sp³-hybridized carbons (Fsp3) is 0.143. The number of nitrogens with zero attached hydrogens (tertiary/aromatic N) is 3. The van der Waals surface area contributed by atoms with Crippen LogP contribution in [0, 0.1) is 12.7 Å². The molecule has 7 nitrogen and oxygen atoms in total. The molecular formula is C21H17ClFN5O2S. The SMILES string of the molecule is Cc1ccc(Cl)cc1NC(=O)C(=O)NCCc1csc2nc(-c3ccccc3F)nn12. The van der Waals surface area contributed by atoms with E-state index in [9.17, 15) is 14.0 Å². The second-order valence-corrected chi connectivity index (χ2v) is 8.03. The zero-order valence-corrected chi connectivity index (χ0v) is 17.9. The lowest BCUT2D eigenvalue weighted by Crippen LogP contribution is -2.36. The van der Waals surface area contributed by atoms with Gasteiger partial charge in [-0.1, -0.05) is 29.8 Å². The summed E-state index contributed by atoms with van der Waals surface area (Å²) in [7, 11) is 0. The van der Waals surface area contributed by atoms with Crippen LogP contribution < -0.4 is 10.6 Å². The summed E-state index contributed by atoms with van der Waals surface area (Å²) in [6.07, 6.45) is 0.426. The monoisotopic (exact) mass is 457 g/mol. The Balaban J connectivity index is 1.38. The summed E-state index contributed by atoms with van der Waals surface area (Å²) in [5.74, 6) is -1.62. The van der Waals surface area contributed by atoms with Gasteiger partial charge in [-0.3, -0.25) is 9.59 Å². The molecule has 0 aliphatic rings. The van der Waals surface area contributed by atoms with Crippen LogP contribution in [0.15, 0.2) is 47.8 Å². The Bertz CT molecular complexity index is 1290. The Kier molecular flexibility index (Phi) is 5.97. The van der Waals surface area contributed by atoms with Gasteiger partial charge in [0.1, 0.15) is 5.82 Å². The molecule has 0 unspecified atom stereocenters. The third kappa shape index (κ3) is 4.57. The van der Waals surface area contributed by atoms with E-state index in [1.165, 1.54) is 17.4 Å². The van der Waals surface area contributed by atoms with E-state index in [4.69, 9.17) is 11.6 Å². The first-order valence-electron chi connectivity index (χ1n) is 9.36. The molecule has 2 aromatic heterocycles. The van der Waals surface area contributed by atoms with Crippen molar-refractivity contribution < 1.29 is 14.0 Å². The van der Waals surface area contributed by atoms with E-state index in [0.29, 0.717) is 33.5 Å². The van der Waals surface area contributed by atoms with E-state index >= 15 is 0 Å². The maximum atomic E-state index is 14.0. The standard InChI is InChI=1S/C21H17ClFN5O2S/c1-12-6-7-13(22)10-17(12)25-20(30)19(29)24-9-8-14-11-31-21-26-18(27-28(14)21)15-4-2-3-5-16(15)23/h2-7,10-11H,8-9H2,1H3,(H,24,29)(H,25,30). The van der Waals surface area contributed by atoms with Gasteiger partial charge in [-0.25, -0.2) is 8.91 Å². The van der Waals surface area contributed by atoms with Crippen LogP contribution >= 0.6 is 22.9 Å². The second kappa shape index (κ2) is 8.83. The van der Waals surface area contributed by atoms with Gasteiger partial charge < -0.3 is 10.6 Å². The third-order valence-corrected chi connectivity index (χ3v) is 5.69. The summed E-state index contributed by atoms with van der Waals surface area (Å²) >= 11 is 7.30. The van der Waals surface area contributed by atoms with E-state index in [1.54, 1.807) is 47.8 Å². The number of rotatable bonds is 5. The minimum atomic E-state index is -0.775. The molecule has 2 amide bonds. The second-order valence-electron chi connectivity index (χ2n) is 6.76. The van der Waals surface area contributed by atoms with Crippen LogP contribution in [0.1, 0.15) is 11.3 Å². The highest BCUT2D eigenvalue weighted by molar-refractivity contribution is 7.15. The summed E-state index contributed by atoms with van der Waals surface area (Å²) < 4.78 is 15.6. The third-order valence-electron chi connectivity index (χ3n) is 4.59. The highest BCUT2D eigenvalue weighted by Crippen LogP contribution is 2.23. The van der Waals surface area contributed by atoms with Crippen molar-refractivity contribution in [2.75, 3.05) is 11.9 Å². The van der Waals surface area contributed by atoms with Crippen LogP contribution in [0.3, 0.4) is 0 Å². The van der Waals surface area contributed by atoms with Gasteiger partial charge in [0.25, 0.3) is 0 Å². The maximum Gasteiger partial charge on any atom is 0.313 e. The van der Waals surface area contributed by atoms with Gasteiger partial charge in [-0.15, -0.1) is 16.4 Å². The van der Waals surface area contributed by atoms with Crippen molar-refractivity contribution in [2.24, 2.45) is 0 Å². The molecule has 0 radical (unpaired) electrons. The minimum Gasteiger partial charge on any atom is -0.347 e. The van der Waals surface area contributed by atoms with Crippen molar-refractivity contribution in [1.29, 1.82) is 0 Å². The lowest BCUT2D eigenvalue weighted by Gasteiger charge is -2.09. The van der Waals surface area contributed by atoms with Crippen LogP contribution in [-0.2, 0) is 16.0 Å². The number of hydrogen-bond donors (Lipinski definition) is 2. The molecule has 2 aromatic carbocycles. The quantitative estimate of drug-likeness (QED) is 0.445. The number of carbonyl (C=O) groups excluding carboxylic acids is 2. The molecule has 2 N–H and O–H groups in total. The van der Waals surface area contributed by atoms with Gasteiger partial charge in [0.05, 0.1) is 11.3 Å². The molecule has 2 heterocycles. The number of benzene rings is 2. The molecule has 4 rings (SSSR count). The number of fused-ring (bicyclic) bond motifs is 1. The van der Waals surface area contributed by atoms with Crippen molar-refractivity contribution in [2.45, 2.75) is 13.3 Å². The van der Waals surface area contributed by atoms with Gasteiger partial charge in [-0.05, 0) is 36.8 Å². The average molecular weight is 458 g/mol. The van der Waals surface area contributed by atoms with Gasteiger partial charge in [0.2, 0.25) is 4.96 Å². The fourth-order valence-corrected chi connectivity index (χ4v) is 3.97. The molecule has 10 heteroatoms. The minimum absolute atomic E-state index is 0.224. The number of aromatic nitrogens is 3. The van der Waals surface area contributed by atoms with Crippen molar-refractivity contribution in [3.63, 3.8) is 0 Å². The van der Waals surface area contributed by atoms with E-state index in [-0.39, 0.29) is 6.54 Å². The van der Waals surface area contributed by atoms with Gasteiger partial charge in [-0.2, -0.15) is 4.98 Å². The van der Waals surface area contributed by atoms with E-state index in [2.05, 4.69) is 20.7 Å². The first-order chi connectivity index (χ1) is 14.9. The number of anilines is 1. The molecule has 158 valence electrons. The largest absolute Gasteiger partial charge is 0.347 e. The summed E-state index contributed by atoms with van der Waals surface area (Å²) in [5, 5.41) is 11.8. The van der Waals surface area contributed by atoms with E-state index in [1.807, 2.05) is 5.38 Å². The first-order valence-corrected chi connectivity index (χ1v) is 10.6. The molecule has 0 aliphatic carbocycles. The first kappa shape index (κ1) is 21.0. The smallest absolute Gasteiger partial charge is 0.313 e. The van der Waals surface area contributed by atoms with Crippen LogP contribution in [-0.4, -0.2) is 33.0 Å². The number of nitrogens with one attached hydrogen (secondary N) is 2. The van der Waals surface area contributed by atoms with Crippen molar-refractivity contribution in [1.82, 2.24) is 19.9 Å². The molecule has 0 saturated carbocycles. The Labute approximate surface area is 185 Å². The van der Waals surface area contributed by atoms with Crippen molar-refractivity contribution >= 4 is 45.4 Å². The summed E-state index contributed by atoms with van der Waals surface area (Å²) in [4.78, 5) is 29.3. The highest BCUT2D eigenvalue weighted by Gasteiger charge is 2.16. The van der Waals surface area contributed by atoms with Crippen molar-refractivity contribution in [3.8, 4) is 11.4 Å². The predicted molar refractivity (Wildman–Crippen MR) is 118 cm³/mol. The van der Waals surface area contributed by atoms with Crippen LogP contribution in [0.4, 0.5) is 10.1 Å². The molecule has 0 saturated heterocycles. The molecule has 0 fully saturated rings. The Morgan fingerprint density at radius 3 is 2.81 bits per heavy atom. The van der Waals surface area contributed by atoms with Gasteiger partial charge in [0.15, 0.2) is 5.82 Å². The Morgan fingerprint density at radius 2 is 2.00 bits per heavy atom. The number of aryl methyl sites for hydroxylation is 1. The Hall–Kier alpha value is -3.30. The molecule has 0 aliphatic heterocycles. The maximum absolute atomic E-state index is 14.0. The van der Waals surface area contributed by atoms with Crippen LogP contribution in [0.5, 0.6) is 0 Å². The summed E-state index contributed by atoms with van der Waals surface area (Å²) in [6, 6.07) is 11.4. The predicted octanol–water partition coefficient (Wildman–Crippen LogP) is 3.86. The normalized spacial score (nSPS) is 10.9.